The minimum atomic E-state index is -0.336. The Kier molecular flexibility index (Phi) is 6.56. The quantitative estimate of drug-likeness (QED) is 0.629. The molecule has 0 aliphatic carbocycles. The van der Waals surface area contributed by atoms with Gasteiger partial charge in [-0.15, -0.1) is 0 Å². The van der Waals surface area contributed by atoms with Gasteiger partial charge in [0.1, 0.15) is 12.1 Å². The van der Waals surface area contributed by atoms with E-state index in [2.05, 4.69) is 18.8 Å². The molecule has 0 spiro atoms. The molecule has 0 saturated heterocycles. The van der Waals surface area contributed by atoms with E-state index >= 15 is 0 Å². The lowest BCUT2D eigenvalue weighted by molar-refractivity contribution is 0.153. The summed E-state index contributed by atoms with van der Waals surface area (Å²) in [5.74, 6) is 0.858. The van der Waals surface area contributed by atoms with Gasteiger partial charge in [-0.05, 0) is 12.8 Å². The Labute approximate surface area is 105 Å². The van der Waals surface area contributed by atoms with Crippen LogP contribution in [0.4, 0.5) is 0 Å². The van der Waals surface area contributed by atoms with E-state index in [9.17, 15) is 5.11 Å². The van der Waals surface area contributed by atoms with Crippen LogP contribution in [-0.2, 0) is 4.74 Å². The normalized spacial score (nSPS) is 23.6. The number of rotatable bonds is 9. The molecule has 100 valence electrons. The van der Waals surface area contributed by atoms with Gasteiger partial charge in [0.05, 0.1) is 6.61 Å². The lowest BCUT2D eigenvalue weighted by Gasteiger charge is -2.17. The summed E-state index contributed by atoms with van der Waals surface area (Å²) in [4.78, 5) is 4.53. The van der Waals surface area contributed by atoms with Crippen LogP contribution in [0.5, 0.6) is 0 Å². The number of aliphatic hydroxyl groups excluding tert-OH is 1. The molecule has 1 unspecified atom stereocenters. The van der Waals surface area contributed by atoms with Gasteiger partial charge in [-0.3, -0.25) is 0 Å². The minimum absolute atomic E-state index is 0.101. The summed E-state index contributed by atoms with van der Waals surface area (Å²) in [6, 6.07) is 0. The van der Waals surface area contributed by atoms with Crippen molar-refractivity contribution in [2.45, 2.75) is 70.8 Å². The van der Waals surface area contributed by atoms with Gasteiger partial charge < -0.3 is 9.84 Å². The molecule has 17 heavy (non-hydrogen) atoms. The van der Waals surface area contributed by atoms with Crippen LogP contribution in [0, 0.1) is 0 Å². The number of aliphatic hydroxyl groups is 1. The Hall–Kier alpha value is -0.570. The molecule has 0 amide bonds. The molecule has 1 N–H and O–H groups in total. The molecular weight excluding hydrogens is 214 g/mol. The van der Waals surface area contributed by atoms with Crippen molar-refractivity contribution in [2.75, 3.05) is 13.2 Å². The zero-order valence-electron chi connectivity index (χ0n) is 11.4. The highest BCUT2D eigenvalue weighted by molar-refractivity contribution is 5.78. The molecule has 3 nitrogen and oxygen atoms in total. The van der Waals surface area contributed by atoms with Crippen molar-refractivity contribution in [1.82, 2.24) is 0 Å². The molecular formula is C14H27NO2. The Morgan fingerprint density at radius 3 is 2.47 bits per heavy atom. The van der Waals surface area contributed by atoms with Crippen molar-refractivity contribution in [2.24, 2.45) is 4.99 Å². The average Bonchev–Trinajstić information content (AvgIpc) is 2.78. The summed E-state index contributed by atoms with van der Waals surface area (Å²) in [5, 5.41) is 9.32. The van der Waals surface area contributed by atoms with Gasteiger partial charge in [0.15, 0.2) is 5.90 Å². The van der Waals surface area contributed by atoms with Gasteiger partial charge in [-0.2, -0.15) is 0 Å². The summed E-state index contributed by atoms with van der Waals surface area (Å²) in [5.41, 5.74) is -0.336. The standard InChI is InChI=1S/C14H27NO2/c1-3-5-6-7-8-9-10-13-15-14(4-2,11-16)12-17-13/h16H,3-12H2,1-2H3. The molecule has 0 bridgehead atoms. The predicted molar refractivity (Wildman–Crippen MR) is 71.5 cm³/mol. The molecule has 0 aromatic heterocycles. The van der Waals surface area contributed by atoms with E-state index in [1.54, 1.807) is 0 Å². The van der Waals surface area contributed by atoms with Gasteiger partial charge in [0.25, 0.3) is 0 Å². The summed E-state index contributed by atoms with van der Waals surface area (Å²) in [7, 11) is 0. The Morgan fingerprint density at radius 1 is 1.18 bits per heavy atom. The summed E-state index contributed by atoms with van der Waals surface area (Å²) < 4.78 is 5.57. The van der Waals surface area contributed by atoms with Gasteiger partial charge in [0.2, 0.25) is 0 Å². The van der Waals surface area contributed by atoms with Crippen LogP contribution < -0.4 is 0 Å². The maximum Gasteiger partial charge on any atom is 0.184 e. The van der Waals surface area contributed by atoms with Gasteiger partial charge in [-0.1, -0.05) is 46.0 Å². The third-order valence-electron chi connectivity index (χ3n) is 3.57. The minimum Gasteiger partial charge on any atom is -0.478 e. The first-order valence-electron chi connectivity index (χ1n) is 7.08. The molecule has 0 radical (unpaired) electrons. The highest BCUT2D eigenvalue weighted by atomic mass is 16.5. The number of aliphatic imine (C=N–C) groups is 1. The number of hydrogen-bond acceptors (Lipinski definition) is 3. The van der Waals surface area contributed by atoms with Crippen LogP contribution in [0.3, 0.4) is 0 Å². The van der Waals surface area contributed by atoms with E-state index in [-0.39, 0.29) is 12.1 Å². The van der Waals surface area contributed by atoms with E-state index in [0.717, 1.165) is 25.2 Å². The Bertz CT molecular complexity index is 234. The SMILES string of the molecule is CCCCCCCCC1=NC(CC)(CO)CO1. The molecule has 1 heterocycles. The van der Waals surface area contributed by atoms with Crippen LogP contribution in [-0.4, -0.2) is 29.8 Å². The van der Waals surface area contributed by atoms with Crippen LogP contribution >= 0.6 is 0 Å². The lowest BCUT2D eigenvalue weighted by Crippen LogP contribution is -2.31. The first kappa shape index (κ1) is 14.5. The van der Waals surface area contributed by atoms with E-state index in [1.165, 1.54) is 32.1 Å². The third kappa shape index (κ3) is 4.66. The molecule has 0 saturated carbocycles. The van der Waals surface area contributed by atoms with Crippen LogP contribution in [0.1, 0.15) is 65.2 Å². The number of nitrogens with zero attached hydrogens (tertiary/aromatic N) is 1. The number of ether oxygens (including phenoxy) is 1. The Balaban J connectivity index is 2.16. The second-order valence-electron chi connectivity index (χ2n) is 5.05. The first-order chi connectivity index (χ1) is 8.26. The average molecular weight is 241 g/mol. The van der Waals surface area contributed by atoms with Crippen LogP contribution in [0.2, 0.25) is 0 Å². The van der Waals surface area contributed by atoms with Gasteiger partial charge in [0, 0.05) is 6.42 Å². The molecule has 0 aromatic rings. The molecule has 3 heteroatoms. The van der Waals surface area contributed by atoms with Crippen molar-refractivity contribution in [3.8, 4) is 0 Å². The molecule has 1 atom stereocenters. The summed E-state index contributed by atoms with van der Waals surface area (Å²) >= 11 is 0. The topological polar surface area (TPSA) is 41.8 Å². The monoisotopic (exact) mass is 241 g/mol. The van der Waals surface area contributed by atoms with E-state index in [4.69, 9.17) is 4.74 Å². The largest absolute Gasteiger partial charge is 0.478 e. The maximum absolute atomic E-state index is 9.32. The van der Waals surface area contributed by atoms with E-state index in [1.807, 2.05) is 0 Å². The molecule has 1 aliphatic heterocycles. The third-order valence-corrected chi connectivity index (χ3v) is 3.57. The smallest absolute Gasteiger partial charge is 0.184 e. The molecule has 0 fully saturated rings. The van der Waals surface area contributed by atoms with Crippen LogP contribution in [0.15, 0.2) is 4.99 Å². The van der Waals surface area contributed by atoms with Gasteiger partial charge >= 0.3 is 0 Å². The molecule has 1 aliphatic rings. The zero-order chi connectivity index (χ0) is 12.6. The lowest BCUT2D eigenvalue weighted by atomic mass is 10.0. The van der Waals surface area contributed by atoms with E-state index in [0.29, 0.717) is 6.61 Å². The second kappa shape index (κ2) is 7.70. The van der Waals surface area contributed by atoms with Crippen molar-refractivity contribution in [3.63, 3.8) is 0 Å². The van der Waals surface area contributed by atoms with Gasteiger partial charge in [-0.25, -0.2) is 4.99 Å². The number of hydrogen-bond donors (Lipinski definition) is 1. The molecule has 1 rings (SSSR count). The summed E-state index contributed by atoms with van der Waals surface area (Å²) in [6.45, 7) is 4.95. The van der Waals surface area contributed by atoms with Crippen molar-refractivity contribution < 1.29 is 9.84 Å². The van der Waals surface area contributed by atoms with Crippen LogP contribution in [0.25, 0.3) is 0 Å². The Morgan fingerprint density at radius 2 is 1.88 bits per heavy atom. The fourth-order valence-electron chi connectivity index (χ4n) is 2.11. The van der Waals surface area contributed by atoms with Crippen molar-refractivity contribution >= 4 is 5.90 Å². The second-order valence-corrected chi connectivity index (χ2v) is 5.05. The molecule has 0 aromatic carbocycles. The van der Waals surface area contributed by atoms with Crippen molar-refractivity contribution in [3.05, 3.63) is 0 Å². The first-order valence-corrected chi connectivity index (χ1v) is 7.08. The fourth-order valence-corrected chi connectivity index (χ4v) is 2.11. The highest BCUT2D eigenvalue weighted by Gasteiger charge is 2.33. The van der Waals surface area contributed by atoms with Crippen molar-refractivity contribution in [1.29, 1.82) is 0 Å². The maximum atomic E-state index is 9.32. The number of unbranched alkanes of at least 4 members (excludes halogenated alkanes) is 5. The summed E-state index contributed by atoms with van der Waals surface area (Å²) in [6.07, 6.45) is 9.53. The highest BCUT2D eigenvalue weighted by Crippen LogP contribution is 2.24. The zero-order valence-corrected chi connectivity index (χ0v) is 11.4. The fraction of sp³-hybridized carbons (Fsp3) is 0.929. The predicted octanol–water partition coefficient (Wildman–Crippen LogP) is 3.31. The van der Waals surface area contributed by atoms with E-state index < -0.39 is 0 Å².